The summed E-state index contributed by atoms with van der Waals surface area (Å²) in [6.07, 6.45) is 1.88. The number of carbonyl (C=O) groups is 1. The molecule has 0 unspecified atom stereocenters. The van der Waals surface area contributed by atoms with Gasteiger partial charge in [-0.15, -0.1) is 0 Å². The Hall–Kier alpha value is 0.490. The van der Waals surface area contributed by atoms with E-state index < -0.39 is 0 Å². The minimum Gasteiger partial charge on any atom is -0.508 e. The molecule has 1 aromatic carbocycles. The van der Waals surface area contributed by atoms with E-state index in [0.717, 1.165) is 12.8 Å². The van der Waals surface area contributed by atoms with Gasteiger partial charge in [-0.25, -0.2) is 4.79 Å². The zero-order chi connectivity index (χ0) is 10.4. The van der Waals surface area contributed by atoms with Crippen molar-refractivity contribution in [3.05, 3.63) is 29.8 Å². The van der Waals surface area contributed by atoms with Crippen LogP contribution >= 0.6 is 0 Å². The Balaban J connectivity index is 0. The van der Waals surface area contributed by atoms with Gasteiger partial charge in [0.25, 0.3) is 0 Å². The normalized spacial score (nSPS) is 8.56. The molecule has 0 aromatic heterocycles. The van der Waals surface area contributed by atoms with Crippen LogP contribution in [0.5, 0.6) is 5.75 Å². The predicted octanol–water partition coefficient (Wildman–Crippen LogP) is 1.59. The number of unbranched alkanes of at least 4 members (excludes halogenated alkanes) is 1. The number of carbonyl (C=O) groups excluding carboxylic acids is 1. The van der Waals surface area contributed by atoms with E-state index in [-0.39, 0.29) is 70.8 Å². The maximum atomic E-state index is 11.3. The van der Waals surface area contributed by atoms with Gasteiger partial charge in [0.15, 0.2) is 0 Å². The van der Waals surface area contributed by atoms with Gasteiger partial charge in [0, 0.05) is 59.1 Å². The van der Waals surface area contributed by atoms with Crippen molar-refractivity contribution in [1.29, 1.82) is 0 Å². The van der Waals surface area contributed by atoms with E-state index in [1.807, 2.05) is 6.92 Å². The number of phenols is 1. The number of hydrogen-bond acceptors (Lipinski definition) is 3. The molecule has 0 saturated carbocycles. The van der Waals surface area contributed by atoms with Gasteiger partial charge in [0.2, 0.25) is 0 Å². The second-order valence-corrected chi connectivity index (χ2v) is 3.04. The van der Waals surface area contributed by atoms with Gasteiger partial charge in [-0.2, -0.15) is 0 Å². The SMILES string of the molecule is CCCCOC(=O)c1ccc(O)cc1.[Na].[Na]. The number of rotatable bonds is 4. The summed E-state index contributed by atoms with van der Waals surface area (Å²) in [6, 6.07) is 6.03. The molecule has 0 aliphatic carbocycles. The van der Waals surface area contributed by atoms with Crippen molar-refractivity contribution < 1.29 is 14.6 Å². The fourth-order valence-corrected chi connectivity index (χ4v) is 0.990. The first-order chi connectivity index (χ1) is 6.74. The minimum atomic E-state index is -0.335. The molecular weight excluding hydrogens is 226 g/mol. The summed E-state index contributed by atoms with van der Waals surface area (Å²) in [6.45, 7) is 2.49. The second kappa shape index (κ2) is 10.6. The van der Waals surface area contributed by atoms with Gasteiger partial charge >= 0.3 is 5.97 Å². The molecule has 0 amide bonds. The van der Waals surface area contributed by atoms with E-state index in [0.29, 0.717) is 12.2 Å². The van der Waals surface area contributed by atoms with E-state index in [9.17, 15) is 4.79 Å². The fourth-order valence-electron chi connectivity index (χ4n) is 0.990. The Morgan fingerprint density at radius 3 is 2.31 bits per heavy atom. The zero-order valence-corrected chi connectivity index (χ0v) is 14.2. The van der Waals surface area contributed by atoms with Crippen molar-refractivity contribution in [3.63, 3.8) is 0 Å². The molecule has 16 heavy (non-hydrogen) atoms. The molecule has 0 spiro atoms. The molecule has 0 heterocycles. The smallest absolute Gasteiger partial charge is 0.338 e. The number of esters is 1. The monoisotopic (exact) mass is 240 g/mol. The third kappa shape index (κ3) is 6.94. The molecule has 0 fully saturated rings. The third-order valence-electron chi connectivity index (χ3n) is 1.83. The Morgan fingerprint density at radius 1 is 1.25 bits per heavy atom. The Kier molecular flexibility index (Phi) is 12.5. The number of ether oxygens (including phenoxy) is 1. The summed E-state index contributed by atoms with van der Waals surface area (Å²) < 4.78 is 4.99. The van der Waals surface area contributed by atoms with Crippen LogP contribution in [0.4, 0.5) is 0 Å². The van der Waals surface area contributed by atoms with Gasteiger partial charge in [0.1, 0.15) is 5.75 Å². The van der Waals surface area contributed by atoms with Gasteiger partial charge < -0.3 is 9.84 Å². The molecule has 78 valence electrons. The molecule has 1 aromatic rings. The minimum absolute atomic E-state index is 0. The summed E-state index contributed by atoms with van der Waals surface area (Å²) in [7, 11) is 0. The Bertz CT molecular complexity index is 299. The maximum Gasteiger partial charge on any atom is 0.338 e. The number of benzene rings is 1. The van der Waals surface area contributed by atoms with Gasteiger partial charge in [-0.05, 0) is 30.7 Å². The Morgan fingerprint density at radius 2 is 1.81 bits per heavy atom. The molecule has 5 heteroatoms. The first-order valence-corrected chi connectivity index (χ1v) is 4.70. The van der Waals surface area contributed by atoms with Crippen molar-refractivity contribution in [2.75, 3.05) is 6.61 Å². The number of aromatic hydroxyl groups is 1. The third-order valence-corrected chi connectivity index (χ3v) is 1.83. The van der Waals surface area contributed by atoms with Crippen molar-refractivity contribution in [2.24, 2.45) is 0 Å². The van der Waals surface area contributed by atoms with E-state index in [2.05, 4.69) is 0 Å². The summed E-state index contributed by atoms with van der Waals surface area (Å²) in [5, 5.41) is 9.00. The van der Waals surface area contributed by atoms with Gasteiger partial charge in [-0.1, -0.05) is 13.3 Å². The summed E-state index contributed by atoms with van der Waals surface area (Å²) in [5.74, 6) is -0.187. The largest absolute Gasteiger partial charge is 0.508 e. The quantitative estimate of drug-likeness (QED) is 0.494. The van der Waals surface area contributed by atoms with Crippen LogP contribution in [0.2, 0.25) is 0 Å². The first-order valence-electron chi connectivity index (χ1n) is 4.70. The van der Waals surface area contributed by atoms with Crippen LogP contribution in [0.15, 0.2) is 24.3 Å². The van der Waals surface area contributed by atoms with Crippen LogP contribution in [0.3, 0.4) is 0 Å². The van der Waals surface area contributed by atoms with Crippen LogP contribution in [-0.4, -0.2) is 76.8 Å². The molecular formula is C11H14Na2O3. The summed E-state index contributed by atoms with van der Waals surface area (Å²) >= 11 is 0. The molecule has 0 atom stereocenters. The number of hydrogen-bond donors (Lipinski definition) is 1. The average molecular weight is 240 g/mol. The predicted molar refractivity (Wildman–Crippen MR) is 64.8 cm³/mol. The van der Waals surface area contributed by atoms with Crippen molar-refractivity contribution >= 4 is 65.1 Å². The molecule has 0 aliphatic rings. The van der Waals surface area contributed by atoms with Gasteiger partial charge in [-0.3, -0.25) is 0 Å². The van der Waals surface area contributed by atoms with E-state index in [1.165, 1.54) is 12.1 Å². The number of phenolic OH excluding ortho intramolecular Hbond substituents is 1. The van der Waals surface area contributed by atoms with Crippen LogP contribution in [-0.2, 0) is 4.74 Å². The molecule has 3 nitrogen and oxygen atoms in total. The topological polar surface area (TPSA) is 46.5 Å². The van der Waals surface area contributed by atoms with Crippen LogP contribution in [0.1, 0.15) is 30.1 Å². The summed E-state index contributed by atoms with van der Waals surface area (Å²) in [5.41, 5.74) is 0.471. The maximum absolute atomic E-state index is 11.3. The fraction of sp³-hybridized carbons (Fsp3) is 0.364. The van der Waals surface area contributed by atoms with Crippen molar-refractivity contribution in [2.45, 2.75) is 19.8 Å². The first kappa shape index (κ1) is 18.8. The molecule has 0 aliphatic heterocycles. The van der Waals surface area contributed by atoms with Crippen LogP contribution < -0.4 is 0 Å². The van der Waals surface area contributed by atoms with Gasteiger partial charge in [0.05, 0.1) is 12.2 Å². The van der Waals surface area contributed by atoms with E-state index in [1.54, 1.807) is 12.1 Å². The second-order valence-electron chi connectivity index (χ2n) is 3.04. The zero-order valence-electron chi connectivity index (χ0n) is 10.2. The van der Waals surface area contributed by atoms with Crippen LogP contribution in [0.25, 0.3) is 0 Å². The molecule has 1 N–H and O–H groups in total. The Labute approximate surface area is 140 Å². The van der Waals surface area contributed by atoms with Crippen LogP contribution in [0, 0.1) is 0 Å². The van der Waals surface area contributed by atoms with E-state index in [4.69, 9.17) is 9.84 Å². The van der Waals surface area contributed by atoms with Crippen molar-refractivity contribution in [1.82, 2.24) is 0 Å². The summed E-state index contributed by atoms with van der Waals surface area (Å²) in [4.78, 5) is 11.3. The average Bonchev–Trinajstić information content (AvgIpc) is 2.19. The molecule has 2 radical (unpaired) electrons. The molecule has 0 saturated heterocycles. The molecule has 1 rings (SSSR count). The molecule has 0 bridgehead atoms. The van der Waals surface area contributed by atoms with Crippen molar-refractivity contribution in [3.8, 4) is 5.75 Å². The van der Waals surface area contributed by atoms with E-state index >= 15 is 0 Å². The standard InChI is InChI=1S/C11H14O3.2Na/c1-2-3-8-14-11(13)9-4-6-10(12)7-5-9;;/h4-7,12H,2-3,8H2,1H3;;.